The van der Waals surface area contributed by atoms with Gasteiger partial charge in [-0.2, -0.15) is 0 Å². The zero-order valence-corrected chi connectivity index (χ0v) is 14.7. The molecule has 4 rings (SSSR count). The van der Waals surface area contributed by atoms with Crippen LogP contribution >= 0.6 is 0 Å². The van der Waals surface area contributed by atoms with Gasteiger partial charge < -0.3 is 5.32 Å². The van der Waals surface area contributed by atoms with Crippen LogP contribution < -0.4 is 10.6 Å². The van der Waals surface area contributed by atoms with Gasteiger partial charge in [0.25, 0.3) is 0 Å². The number of rotatable bonds is 5. The molecule has 2 N–H and O–H groups in total. The van der Waals surface area contributed by atoms with Crippen LogP contribution in [0.2, 0.25) is 0 Å². The fourth-order valence-electron chi connectivity index (χ4n) is 4.19. The smallest absolute Gasteiger partial charge is 0.0924 e. The molecule has 2 aromatic carbocycles. The van der Waals surface area contributed by atoms with Gasteiger partial charge in [-0.25, -0.2) is 0 Å². The van der Waals surface area contributed by atoms with E-state index in [-0.39, 0.29) is 5.66 Å². The number of anilines is 1. The first-order chi connectivity index (χ1) is 12.3. The highest BCUT2D eigenvalue weighted by atomic mass is 15.2. The number of benzene rings is 2. The first-order valence-corrected chi connectivity index (χ1v) is 9.26. The summed E-state index contributed by atoms with van der Waals surface area (Å²) < 4.78 is 0. The maximum absolute atomic E-state index is 3.92. The van der Waals surface area contributed by atoms with Gasteiger partial charge in [0.2, 0.25) is 0 Å². The van der Waals surface area contributed by atoms with E-state index < -0.39 is 0 Å². The molecule has 2 aliphatic rings. The number of hydrogen-bond donors (Lipinski definition) is 2. The Balaban J connectivity index is 1.56. The van der Waals surface area contributed by atoms with Crippen molar-refractivity contribution in [1.82, 2.24) is 5.32 Å². The van der Waals surface area contributed by atoms with E-state index in [1.807, 2.05) is 0 Å². The van der Waals surface area contributed by atoms with Crippen LogP contribution in [0.4, 0.5) is 5.69 Å². The number of hydrogen-bond acceptors (Lipinski definition) is 2. The monoisotopic (exact) mass is 330 g/mol. The van der Waals surface area contributed by atoms with E-state index in [0.29, 0.717) is 17.9 Å². The molecule has 0 aromatic heterocycles. The Hall–Kier alpha value is -2.32. The van der Waals surface area contributed by atoms with Crippen LogP contribution in [0.5, 0.6) is 0 Å². The highest BCUT2D eigenvalue weighted by Gasteiger charge is 2.52. The molecule has 4 unspecified atom stereocenters. The SMILES string of the molecule is CC1C(c2ccccc2)CC1(Nc1ccccc1)NC1C=CC=CC1. The lowest BCUT2D eigenvalue weighted by atomic mass is 9.61. The van der Waals surface area contributed by atoms with Crippen molar-refractivity contribution in [1.29, 1.82) is 0 Å². The molecule has 2 aromatic rings. The fourth-order valence-corrected chi connectivity index (χ4v) is 4.19. The van der Waals surface area contributed by atoms with E-state index in [1.54, 1.807) is 0 Å². The second-order valence-corrected chi connectivity index (χ2v) is 7.27. The standard InChI is InChI=1S/C23H26N2/c1-18-22(19-11-5-2-6-12-19)17-23(18,24-20-13-7-3-8-14-20)25-21-15-9-4-10-16-21/h2-15,18,21-22,24-25H,16-17H2,1H3. The number of para-hydroxylation sites is 1. The Labute approximate surface area is 150 Å². The predicted molar refractivity (Wildman–Crippen MR) is 106 cm³/mol. The highest BCUT2D eigenvalue weighted by Crippen LogP contribution is 2.50. The molecule has 0 radical (unpaired) electrons. The Morgan fingerprint density at radius 3 is 2.28 bits per heavy atom. The summed E-state index contributed by atoms with van der Waals surface area (Å²) >= 11 is 0. The summed E-state index contributed by atoms with van der Waals surface area (Å²) in [7, 11) is 0. The summed E-state index contributed by atoms with van der Waals surface area (Å²) in [5.41, 5.74) is 2.56. The molecule has 0 saturated heterocycles. The molecule has 128 valence electrons. The van der Waals surface area contributed by atoms with Gasteiger partial charge >= 0.3 is 0 Å². The zero-order valence-electron chi connectivity index (χ0n) is 14.7. The van der Waals surface area contributed by atoms with E-state index >= 15 is 0 Å². The molecule has 2 aliphatic carbocycles. The van der Waals surface area contributed by atoms with Crippen LogP contribution in [-0.2, 0) is 0 Å². The Bertz CT molecular complexity index is 750. The van der Waals surface area contributed by atoms with Crippen molar-refractivity contribution in [2.45, 2.75) is 37.4 Å². The first-order valence-electron chi connectivity index (χ1n) is 9.26. The van der Waals surface area contributed by atoms with E-state index in [9.17, 15) is 0 Å². The van der Waals surface area contributed by atoms with Crippen molar-refractivity contribution >= 4 is 5.69 Å². The Kier molecular flexibility index (Phi) is 4.46. The molecule has 2 nitrogen and oxygen atoms in total. The van der Waals surface area contributed by atoms with E-state index in [4.69, 9.17) is 0 Å². The molecule has 25 heavy (non-hydrogen) atoms. The molecular formula is C23H26N2. The Morgan fingerprint density at radius 1 is 0.920 bits per heavy atom. The summed E-state index contributed by atoms with van der Waals surface area (Å²) in [6.07, 6.45) is 10.9. The van der Waals surface area contributed by atoms with Gasteiger partial charge in [0.05, 0.1) is 5.66 Å². The summed E-state index contributed by atoms with van der Waals surface area (Å²) in [4.78, 5) is 0. The summed E-state index contributed by atoms with van der Waals surface area (Å²) in [5, 5.41) is 7.74. The molecule has 2 heteroatoms. The average Bonchev–Trinajstić information content (AvgIpc) is 2.68. The topological polar surface area (TPSA) is 24.1 Å². The molecule has 0 spiro atoms. The lowest BCUT2D eigenvalue weighted by Crippen LogP contribution is -2.67. The van der Waals surface area contributed by atoms with Gasteiger partial charge in [-0.05, 0) is 42.4 Å². The van der Waals surface area contributed by atoms with Gasteiger partial charge in [0, 0.05) is 11.7 Å². The molecular weight excluding hydrogens is 304 g/mol. The van der Waals surface area contributed by atoms with Crippen LogP contribution in [0, 0.1) is 5.92 Å². The summed E-state index contributed by atoms with van der Waals surface area (Å²) in [5.74, 6) is 1.10. The van der Waals surface area contributed by atoms with Crippen LogP contribution in [0.1, 0.15) is 31.2 Å². The second kappa shape index (κ2) is 6.89. The molecule has 1 fully saturated rings. The first kappa shape index (κ1) is 16.2. The van der Waals surface area contributed by atoms with Gasteiger partial charge in [-0.1, -0.05) is 79.8 Å². The molecule has 4 atom stereocenters. The highest BCUT2D eigenvalue weighted by molar-refractivity contribution is 5.47. The van der Waals surface area contributed by atoms with Crippen molar-refractivity contribution in [2.75, 3.05) is 5.32 Å². The molecule has 0 bridgehead atoms. The largest absolute Gasteiger partial charge is 0.367 e. The quantitative estimate of drug-likeness (QED) is 0.746. The average molecular weight is 330 g/mol. The minimum atomic E-state index is -0.0674. The number of nitrogens with one attached hydrogen (secondary N) is 2. The molecule has 0 aliphatic heterocycles. The van der Waals surface area contributed by atoms with Crippen LogP contribution in [0.25, 0.3) is 0 Å². The van der Waals surface area contributed by atoms with E-state index in [2.05, 4.69) is 103 Å². The molecule has 0 heterocycles. The van der Waals surface area contributed by atoms with Gasteiger partial charge in [0.15, 0.2) is 0 Å². The zero-order chi connectivity index (χ0) is 17.1. The maximum Gasteiger partial charge on any atom is 0.0924 e. The van der Waals surface area contributed by atoms with Gasteiger partial charge in [-0.3, -0.25) is 5.32 Å². The number of allylic oxidation sites excluding steroid dienone is 2. The lowest BCUT2D eigenvalue weighted by molar-refractivity contribution is 0.0834. The third-order valence-electron chi connectivity index (χ3n) is 5.72. The third-order valence-corrected chi connectivity index (χ3v) is 5.72. The van der Waals surface area contributed by atoms with Gasteiger partial charge in [-0.15, -0.1) is 0 Å². The molecule has 1 saturated carbocycles. The molecule has 0 amide bonds. The van der Waals surface area contributed by atoms with Crippen molar-refractivity contribution in [3.8, 4) is 0 Å². The van der Waals surface area contributed by atoms with Crippen LogP contribution in [0.3, 0.4) is 0 Å². The van der Waals surface area contributed by atoms with Crippen molar-refractivity contribution in [2.24, 2.45) is 5.92 Å². The maximum atomic E-state index is 3.92. The lowest BCUT2D eigenvalue weighted by Gasteiger charge is -2.56. The normalized spacial score (nSPS) is 30.7. The fraction of sp³-hybridized carbons (Fsp3) is 0.304. The Morgan fingerprint density at radius 2 is 1.64 bits per heavy atom. The summed E-state index contributed by atoms with van der Waals surface area (Å²) in [6.45, 7) is 2.37. The van der Waals surface area contributed by atoms with Crippen molar-refractivity contribution in [3.05, 3.63) is 90.5 Å². The predicted octanol–water partition coefficient (Wildman–Crippen LogP) is 5.09. The minimum Gasteiger partial charge on any atom is -0.367 e. The third kappa shape index (κ3) is 3.27. The van der Waals surface area contributed by atoms with Crippen molar-refractivity contribution in [3.63, 3.8) is 0 Å². The van der Waals surface area contributed by atoms with Crippen molar-refractivity contribution < 1.29 is 0 Å². The van der Waals surface area contributed by atoms with Gasteiger partial charge in [0.1, 0.15) is 0 Å². The van der Waals surface area contributed by atoms with E-state index in [1.165, 1.54) is 11.3 Å². The minimum absolute atomic E-state index is 0.0674. The van der Waals surface area contributed by atoms with E-state index in [0.717, 1.165) is 12.8 Å². The van der Waals surface area contributed by atoms with Crippen LogP contribution in [0.15, 0.2) is 85.0 Å². The summed E-state index contributed by atoms with van der Waals surface area (Å²) in [6, 6.07) is 21.9. The second-order valence-electron chi connectivity index (χ2n) is 7.27. The van der Waals surface area contributed by atoms with Crippen LogP contribution in [-0.4, -0.2) is 11.7 Å².